The van der Waals surface area contributed by atoms with Crippen LogP contribution in [0.5, 0.6) is 0 Å². The number of nitrogens with one attached hydrogen (secondary N) is 1. The maximum atomic E-state index is 14.2. The van der Waals surface area contributed by atoms with Crippen LogP contribution in [0.25, 0.3) is 0 Å². The Kier molecular flexibility index (Phi) is 11.0. The average molecular weight is 638 g/mol. The lowest BCUT2D eigenvalue weighted by Gasteiger charge is -2.35. The van der Waals surface area contributed by atoms with Gasteiger partial charge in [0.15, 0.2) is 0 Å². The smallest absolute Gasteiger partial charge is 0.304 e. The van der Waals surface area contributed by atoms with Crippen LogP contribution >= 0.6 is 23.2 Å². The van der Waals surface area contributed by atoms with Gasteiger partial charge in [-0.3, -0.25) is 9.59 Å². The van der Waals surface area contributed by atoms with Gasteiger partial charge in [-0.15, -0.1) is 0 Å². The molecule has 0 aromatic heterocycles. The van der Waals surface area contributed by atoms with Gasteiger partial charge in [-0.1, -0.05) is 59.6 Å². The summed E-state index contributed by atoms with van der Waals surface area (Å²) in [6.45, 7) is 4.77. The summed E-state index contributed by atoms with van der Waals surface area (Å²) in [5.41, 5.74) is 0.864. The van der Waals surface area contributed by atoms with Crippen LogP contribution in [0.15, 0.2) is 72.8 Å². The van der Waals surface area contributed by atoms with Gasteiger partial charge in [-0.05, 0) is 68.3 Å². The molecule has 0 heterocycles. The zero-order valence-electron chi connectivity index (χ0n) is 24.1. The minimum atomic E-state index is -4.19. The van der Waals surface area contributed by atoms with E-state index in [1.165, 1.54) is 31.1 Å². The second kappa shape index (κ2) is 13.9. The number of carbonyl (C=O) groups excluding carboxylic acids is 2. The third-order valence-electron chi connectivity index (χ3n) is 6.24. The SMILES string of the molecule is CN(C)S(=O)(=O)N(CC(=O)N(Cc1ccc(Cl)c(Cl)c1)[C@H](Cc1ccccc1)C(=O)NC(C)(C)C)c1ccc(F)cc1. The van der Waals surface area contributed by atoms with Crippen LogP contribution in [-0.2, 0) is 32.8 Å². The summed E-state index contributed by atoms with van der Waals surface area (Å²) in [5.74, 6) is -1.63. The molecule has 0 spiro atoms. The quantitative estimate of drug-likeness (QED) is 0.309. The number of anilines is 1. The van der Waals surface area contributed by atoms with Gasteiger partial charge in [0.05, 0.1) is 15.7 Å². The molecule has 1 N–H and O–H groups in total. The molecule has 8 nitrogen and oxygen atoms in total. The number of amides is 2. The summed E-state index contributed by atoms with van der Waals surface area (Å²) >= 11 is 12.4. The van der Waals surface area contributed by atoms with E-state index in [1.54, 1.807) is 18.2 Å². The molecule has 0 saturated carbocycles. The Morgan fingerprint density at radius 3 is 2.07 bits per heavy atom. The number of halogens is 3. The van der Waals surface area contributed by atoms with Gasteiger partial charge >= 0.3 is 10.2 Å². The average Bonchev–Trinajstić information content (AvgIpc) is 2.91. The van der Waals surface area contributed by atoms with Gasteiger partial charge in [0.25, 0.3) is 0 Å². The highest BCUT2D eigenvalue weighted by Crippen LogP contribution is 2.26. The molecular formula is C30H35Cl2FN4O4S. The lowest BCUT2D eigenvalue weighted by molar-refractivity contribution is -0.140. The first-order valence-corrected chi connectivity index (χ1v) is 15.3. The minimum absolute atomic E-state index is 0.0654. The summed E-state index contributed by atoms with van der Waals surface area (Å²) in [6, 6.07) is 17.8. The normalized spacial score (nSPS) is 12.6. The molecule has 0 saturated heterocycles. The minimum Gasteiger partial charge on any atom is -0.350 e. The fraction of sp³-hybridized carbons (Fsp3) is 0.333. The number of nitrogens with zero attached hydrogens (tertiary/aromatic N) is 3. The molecule has 0 fully saturated rings. The van der Waals surface area contributed by atoms with E-state index in [1.807, 2.05) is 51.1 Å². The van der Waals surface area contributed by atoms with Crippen molar-refractivity contribution in [2.45, 2.75) is 45.3 Å². The molecule has 12 heteroatoms. The third-order valence-corrected chi connectivity index (χ3v) is 8.80. The molecule has 226 valence electrons. The van der Waals surface area contributed by atoms with E-state index in [-0.39, 0.29) is 23.7 Å². The largest absolute Gasteiger partial charge is 0.350 e. The van der Waals surface area contributed by atoms with Gasteiger partial charge in [-0.25, -0.2) is 8.70 Å². The zero-order valence-corrected chi connectivity index (χ0v) is 26.5. The monoisotopic (exact) mass is 636 g/mol. The molecule has 0 aliphatic heterocycles. The highest BCUT2D eigenvalue weighted by Gasteiger charge is 2.35. The number of benzene rings is 3. The maximum Gasteiger partial charge on any atom is 0.304 e. The predicted molar refractivity (Wildman–Crippen MR) is 165 cm³/mol. The van der Waals surface area contributed by atoms with E-state index in [0.717, 1.165) is 26.3 Å². The molecule has 0 aliphatic rings. The van der Waals surface area contributed by atoms with E-state index in [0.29, 0.717) is 10.6 Å². The van der Waals surface area contributed by atoms with Crippen molar-refractivity contribution in [2.24, 2.45) is 0 Å². The van der Waals surface area contributed by atoms with E-state index >= 15 is 0 Å². The van der Waals surface area contributed by atoms with Gasteiger partial charge in [-0.2, -0.15) is 12.7 Å². The van der Waals surface area contributed by atoms with Crippen LogP contribution in [0.2, 0.25) is 10.0 Å². The van der Waals surface area contributed by atoms with Crippen molar-refractivity contribution in [3.8, 4) is 0 Å². The molecule has 0 bridgehead atoms. The second-order valence-corrected chi connectivity index (χ2v) is 13.9. The van der Waals surface area contributed by atoms with Crippen molar-refractivity contribution in [1.29, 1.82) is 0 Å². The first kappa shape index (κ1) is 33.3. The van der Waals surface area contributed by atoms with E-state index in [9.17, 15) is 22.4 Å². The van der Waals surface area contributed by atoms with E-state index < -0.39 is 46.0 Å². The van der Waals surface area contributed by atoms with Gasteiger partial charge in [0, 0.05) is 32.6 Å². The molecule has 0 unspecified atom stereocenters. The van der Waals surface area contributed by atoms with Crippen LogP contribution in [0.4, 0.5) is 10.1 Å². The molecule has 3 aromatic carbocycles. The van der Waals surface area contributed by atoms with Crippen molar-refractivity contribution in [3.63, 3.8) is 0 Å². The molecule has 3 rings (SSSR count). The molecule has 0 aliphatic carbocycles. The maximum absolute atomic E-state index is 14.2. The van der Waals surface area contributed by atoms with Crippen LogP contribution in [0.1, 0.15) is 31.9 Å². The van der Waals surface area contributed by atoms with Crippen molar-refractivity contribution < 1.29 is 22.4 Å². The zero-order chi connectivity index (χ0) is 31.2. The van der Waals surface area contributed by atoms with E-state index in [4.69, 9.17) is 23.2 Å². The number of rotatable bonds is 11. The molecular weight excluding hydrogens is 602 g/mol. The lowest BCUT2D eigenvalue weighted by atomic mass is 10.0. The Hall–Kier alpha value is -3.18. The summed E-state index contributed by atoms with van der Waals surface area (Å²) in [7, 11) is -1.53. The van der Waals surface area contributed by atoms with Crippen LogP contribution in [-0.4, -0.2) is 61.7 Å². The Labute approximate surface area is 257 Å². The lowest BCUT2D eigenvalue weighted by Crippen LogP contribution is -2.56. The van der Waals surface area contributed by atoms with Crippen LogP contribution < -0.4 is 9.62 Å². The Morgan fingerprint density at radius 2 is 1.52 bits per heavy atom. The molecule has 1 atom stereocenters. The molecule has 0 radical (unpaired) electrons. The summed E-state index contributed by atoms with van der Waals surface area (Å²) < 4.78 is 42.3. The number of hydrogen-bond acceptors (Lipinski definition) is 4. The molecule has 42 heavy (non-hydrogen) atoms. The highest BCUT2D eigenvalue weighted by atomic mass is 35.5. The van der Waals surface area contributed by atoms with Crippen molar-refractivity contribution in [3.05, 3.63) is 99.8 Å². The van der Waals surface area contributed by atoms with Crippen molar-refractivity contribution in [2.75, 3.05) is 24.9 Å². The highest BCUT2D eigenvalue weighted by molar-refractivity contribution is 7.90. The number of carbonyl (C=O) groups is 2. The van der Waals surface area contributed by atoms with Crippen LogP contribution in [0.3, 0.4) is 0 Å². The summed E-state index contributed by atoms with van der Waals surface area (Å²) in [6.07, 6.45) is 0.160. The molecule has 3 aromatic rings. The Balaban J connectivity index is 2.13. The second-order valence-electron chi connectivity index (χ2n) is 11.0. The summed E-state index contributed by atoms with van der Waals surface area (Å²) in [5, 5.41) is 3.55. The van der Waals surface area contributed by atoms with Crippen LogP contribution in [0, 0.1) is 5.82 Å². The first-order chi connectivity index (χ1) is 19.6. The van der Waals surface area contributed by atoms with Gasteiger partial charge in [0.1, 0.15) is 18.4 Å². The predicted octanol–water partition coefficient (Wildman–Crippen LogP) is 5.30. The van der Waals surface area contributed by atoms with Gasteiger partial charge < -0.3 is 10.2 Å². The number of hydrogen-bond donors (Lipinski definition) is 1. The van der Waals surface area contributed by atoms with E-state index in [2.05, 4.69) is 5.32 Å². The molecule has 2 amide bonds. The fourth-order valence-corrected chi connectivity index (χ4v) is 5.54. The Morgan fingerprint density at radius 1 is 0.905 bits per heavy atom. The van der Waals surface area contributed by atoms with Crippen molar-refractivity contribution >= 4 is 50.9 Å². The first-order valence-electron chi connectivity index (χ1n) is 13.1. The van der Waals surface area contributed by atoms with Gasteiger partial charge in [0.2, 0.25) is 11.8 Å². The standard InChI is InChI=1S/C30H35Cl2FN4O4S/c1-30(2,3)34-29(39)27(18-21-9-7-6-8-10-21)36(19-22-11-16-25(31)26(32)17-22)28(38)20-37(42(40,41)35(4)5)24-14-12-23(33)13-15-24/h6-17,27H,18-20H2,1-5H3,(H,34,39)/t27-/m1/s1. The topological polar surface area (TPSA) is 90.0 Å². The third kappa shape index (κ3) is 8.91. The van der Waals surface area contributed by atoms with Crippen molar-refractivity contribution in [1.82, 2.24) is 14.5 Å². The Bertz CT molecular complexity index is 1500. The fourth-order valence-electron chi connectivity index (χ4n) is 4.17. The summed E-state index contributed by atoms with van der Waals surface area (Å²) in [4.78, 5) is 29.3.